The number of furan rings is 3. The molecular formula is C108H68N2O3S. The van der Waals surface area contributed by atoms with Gasteiger partial charge in [-0.1, -0.05) is 291 Å². The van der Waals surface area contributed by atoms with Crippen LogP contribution in [0, 0.1) is 0 Å². The second-order valence-electron chi connectivity index (χ2n) is 29.4. The summed E-state index contributed by atoms with van der Waals surface area (Å²) in [6.45, 7) is 0. The molecule has 0 spiro atoms. The molecule has 5 nitrogen and oxygen atoms in total. The number of hydrogen-bond acceptors (Lipinski definition) is 6. The van der Waals surface area contributed by atoms with Crippen molar-refractivity contribution < 1.29 is 13.3 Å². The Kier molecular flexibility index (Phi) is 16.0. The first-order valence-corrected chi connectivity index (χ1v) is 39.5. The van der Waals surface area contributed by atoms with Gasteiger partial charge in [0.25, 0.3) is 0 Å². The van der Waals surface area contributed by atoms with Gasteiger partial charge in [-0.3, -0.25) is 0 Å². The molecule has 0 saturated carbocycles. The third-order valence-corrected chi connectivity index (χ3v) is 23.9. The molecule has 0 aliphatic heterocycles. The Morgan fingerprint density at radius 1 is 0.158 bits per heavy atom. The SMILES string of the molecule is c1ccc(-c2ccc(N(c3ccc(-c4ccc5oc6ccccc6c5c4)cc3)c3ccc(-c4ccc5sc6cc(-c7ccc(-c8ccc(N(c9ccc(-c%10ccc(-c%11cccc%12c%11oc%11ccccc%11%12)cc%10)cc9)c9ccc(-c%10ccc(-c%11cccc%12c%11oc%11ccccc%11%12)cc%10)cc9)cc8)cc7)ccc6c5c4)cc3)cc2)cc1. The number of nitrogens with zero attached hydrogens (tertiary/aromatic N) is 2. The van der Waals surface area contributed by atoms with Crippen molar-refractivity contribution in [1.29, 1.82) is 0 Å². The van der Waals surface area contributed by atoms with Crippen molar-refractivity contribution >= 4 is 131 Å². The number of thiophene rings is 1. The summed E-state index contributed by atoms with van der Waals surface area (Å²) in [5.74, 6) is 0. The van der Waals surface area contributed by atoms with E-state index in [1.807, 2.05) is 47.7 Å². The van der Waals surface area contributed by atoms with Crippen LogP contribution < -0.4 is 9.80 Å². The number of para-hydroxylation sites is 5. The Labute approximate surface area is 662 Å². The molecule has 0 saturated heterocycles. The zero-order valence-electron chi connectivity index (χ0n) is 61.8. The molecule has 0 aliphatic carbocycles. The first-order chi connectivity index (χ1) is 56.4. The molecule has 114 heavy (non-hydrogen) atoms. The lowest BCUT2D eigenvalue weighted by Gasteiger charge is -2.26. The Hall–Kier alpha value is -14.8. The molecule has 0 amide bonds. The van der Waals surface area contributed by atoms with Crippen LogP contribution in [-0.4, -0.2) is 0 Å². The van der Waals surface area contributed by atoms with E-state index in [0.29, 0.717) is 0 Å². The molecule has 22 rings (SSSR count). The highest BCUT2D eigenvalue weighted by Crippen LogP contribution is 2.46. The van der Waals surface area contributed by atoms with Crippen molar-refractivity contribution in [2.24, 2.45) is 0 Å². The molecular weight excluding hydrogens is 1410 g/mol. The van der Waals surface area contributed by atoms with Crippen LogP contribution in [-0.2, 0) is 0 Å². The van der Waals surface area contributed by atoms with E-state index in [9.17, 15) is 0 Å². The topological polar surface area (TPSA) is 45.9 Å². The number of benzene rings is 18. The highest BCUT2D eigenvalue weighted by Gasteiger charge is 2.21. The number of hydrogen-bond donors (Lipinski definition) is 0. The monoisotopic (exact) mass is 1470 g/mol. The van der Waals surface area contributed by atoms with Crippen LogP contribution in [0.3, 0.4) is 0 Å². The molecule has 0 fully saturated rings. The molecule has 534 valence electrons. The molecule has 4 aromatic heterocycles. The maximum atomic E-state index is 6.44. The first-order valence-electron chi connectivity index (χ1n) is 38.7. The maximum absolute atomic E-state index is 6.44. The Balaban J connectivity index is 0.526. The van der Waals surface area contributed by atoms with Crippen molar-refractivity contribution in [3.05, 3.63) is 413 Å². The second kappa shape index (κ2) is 27.6. The summed E-state index contributed by atoms with van der Waals surface area (Å²) in [5, 5.41) is 9.30. The Morgan fingerprint density at radius 3 is 0.851 bits per heavy atom. The van der Waals surface area contributed by atoms with Crippen molar-refractivity contribution in [1.82, 2.24) is 0 Å². The number of anilines is 6. The number of fused-ring (bicyclic) bond motifs is 12. The van der Waals surface area contributed by atoms with E-state index in [1.165, 1.54) is 53.6 Å². The van der Waals surface area contributed by atoms with Gasteiger partial charge in [0.15, 0.2) is 0 Å². The third kappa shape index (κ3) is 11.9. The molecule has 0 bridgehead atoms. The van der Waals surface area contributed by atoms with Crippen LogP contribution in [0.25, 0.3) is 186 Å². The van der Waals surface area contributed by atoms with Gasteiger partial charge < -0.3 is 23.1 Å². The van der Waals surface area contributed by atoms with Crippen LogP contribution in [0.5, 0.6) is 0 Å². The minimum absolute atomic E-state index is 0.897. The van der Waals surface area contributed by atoms with E-state index in [4.69, 9.17) is 13.3 Å². The van der Waals surface area contributed by atoms with Gasteiger partial charge in [0.1, 0.15) is 33.5 Å². The minimum atomic E-state index is 0.897. The Bertz CT molecular complexity index is 7190. The molecule has 22 aromatic rings. The molecule has 0 atom stereocenters. The zero-order valence-corrected chi connectivity index (χ0v) is 62.6. The van der Waals surface area contributed by atoms with E-state index in [1.54, 1.807) is 0 Å². The summed E-state index contributed by atoms with van der Waals surface area (Å²) in [6.07, 6.45) is 0. The zero-order chi connectivity index (χ0) is 75.2. The summed E-state index contributed by atoms with van der Waals surface area (Å²) in [4.78, 5) is 4.70. The smallest absolute Gasteiger partial charge is 0.143 e. The third-order valence-electron chi connectivity index (χ3n) is 22.8. The first kappa shape index (κ1) is 66.2. The fourth-order valence-electron chi connectivity index (χ4n) is 16.9. The van der Waals surface area contributed by atoms with Crippen molar-refractivity contribution in [3.8, 4) is 100 Å². The van der Waals surface area contributed by atoms with Gasteiger partial charge in [-0.25, -0.2) is 0 Å². The molecule has 6 heteroatoms. The minimum Gasteiger partial charge on any atom is -0.456 e. The second-order valence-corrected chi connectivity index (χ2v) is 30.5. The quantitative estimate of drug-likeness (QED) is 0.102. The summed E-state index contributed by atoms with van der Waals surface area (Å²) < 4.78 is 21.6. The van der Waals surface area contributed by atoms with Crippen LogP contribution in [0.4, 0.5) is 34.1 Å². The average Bonchev–Trinajstić information content (AvgIpc) is 1.61. The highest BCUT2D eigenvalue weighted by molar-refractivity contribution is 7.25. The van der Waals surface area contributed by atoms with Gasteiger partial charge in [-0.2, -0.15) is 0 Å². The van der Waals surface area contributed by atoms with Crippen LogP contribution in [0.2, 0.25) is 0 Å². The molecule has 18 aromatic carbocycles. The van der Waals surface area contributed by atoms with E-state index < -0.39 is 0 Å². The lowest BCUT2D eigenvalue weighted by atomic mass is 9.98. The van der Waals surface area contributed by atoms with E-state index in [-0.39, 0.29) is 0 Å². The maximum Gasteiger partial charge on any atom is 0.143 e. The van der Waals surface area contributed by atoms with Crippen molar-refractivity contribution in [2.45, 2.75) is 0 Å². The van der Waals surface area contributed by atoms with Gasteiger partial charge in [0, 0.05) is 97.7 Å². The van der Waals surface area contributed by atoms with Gasteiger partial charge in [0.05, 0.1) is 0 Å². The summed E-state index contributed by atoms with van der Waals surface area (Å²) >= 11 is 1.86. The molecule has 0 radical (unpaired) electrons. The van der Waals surface area contributed by atoms with Gasteiger partial charge in [-0.05, 0) is 210 Å². The molecule has 4 heterocycles. The summed E-state index contributed by atoms with van der Waals surface area (Å²) in [7, 11) is 0. The fraction of sp³-hybridized carbons (Fsp3) is 0. The standard InChI is InChI=1S/C108H68N2O3S/c1-2-12-69(13-3-1)73-36-51-85(52-37-73)110(89-59-44-78(45-60-89)82-49-64-104-99(66-82)95-16-6-7-21-101(95)111-104)90-61-46-79(47-62-90)83-50-65-105-100(67-83)96-63-48-84(68-106(96)114-105)77-26-24-70(25-27-77)74-38-53-86(54-39-74)109(87-55-40-75(41-56-87)71-28-32-80(33-29-71)91-17-10-19-97-93-14-4-8-22-102(93)112-107(91)97)88-57-42-76(43-58-88)72-30-34-81(35-31-72)92-18-11-20-98-94-15-5-9-23-103(94)113-108(92)98/h1-68H. The lowest BCUT2D eigenvalue weighted by molar-refractivity contribution is 0.669. The average molecular weight is 1470 g/mol. The van der Waals surface area contributed by atoms with E-state index >= 15 is 0 Å². The van der Waals surface area contributed by atoms with Crippen LogP contribution in [0.1, 0.15) is 0 Å². The highest BCUT2D eigenvalue weighted by atomic mass is 32.1. The van der Waals surface area contributed by atoms with Gasteiger partial charge >= 0.3 is 0 Å². The van der Waals surface area contributed by atoms with Crippen molar-refractivity contribution in [2.75, 3.05) is 9.80 Å². The molecule has 0 N–H and O–H groups in total. The van der Waals surface area contributed by atoms with Crippen molar-refractivity contribution in [3.63, 3.8) is 0 Å². The van der Waals surface area contributed by atoms with Crippen LogP contribution >= 0.6 is 11.3 Å². The lowest BCUT2D eigenvalue weighted by Crippen LogP contribution is -2.09. The fourth-order valence-corrected chi connectivity index (χ4v) is 18.0. The van der Waals surface area contributed by atoms with Gasteiger partial charge in [0.2, 0.25) is 0 Å². The largest absolute Gasteiger partial charge is 0.456 e. The summed E-state index contributed by atoms with van der Waals surface area (Å²) in [6, 6.07) is 149. The van der Waals surface area contributed by atoms with Crippen LogP contribution in [0.15, 0.2) is 426 Å². The van der Waals surface area contributed by atoms with Gasteiger partial charge in [-0.15, -0.1) is 11.3 Å². The number of rotatable bonds is 15. The predicted octanol–water partition coefficient (Wildman–Crippen LogP) is 31.7. The molecule has 0 aliphatic rings. The Morgan fingerprint density at radius 2 is 0.439 bits per heavy atom. The van der Waals surface area contributed by atoms with E-state index in [0.717, 1.165) is 167 Å². The van der Waals surface area contributed by atoms with E-state index in [2.05, 4.69) is 386 Å². The normalized spacial score (nSPS) is 11.7. The summed E-state index contributed by atoms with van der Waals surface area (Å²) in [5.41, 5.74) is 32.5. The predicted molar refractivity (Wildman–Crippen MR) is 479 cm³/mol. The molecule has 0 unspecified atom stereocenters.